The lowest BCUT2D eigenvalue weighted by atomic mass is 10.1. The third-order valence-electron chi connectivity index (χ3n) is 2.66. The average molecular weight is 247 g/mol. The molecule has 2 rings (SSSR count). The van der Waals surface area contributed by atoms with Crippen molar-refractivity contribution in [3.63, 3.8) is 0 Å². The van der Waals surface area contributed by atoms with Crippen LogP contribution >= 0.6 is 0 Å². The van der Waals surface area contributed by atoms with E-state index in [0.717, 1.165) is 30.2 Å². The van der Waals surface area contributed by atoms with Gasteiger partial charge in [-0.05, 0) is 24.1 Å². The number of aromatic amines is 1. The molecule has 0 aliphatic heterocycles. The van der Waals surface area contributed by atoms with Crippen LogP contribution in [-0.4, -0.2) is 29.4 Å². The maximum Gasteiger partial charge on any atom is 0.151 e. The smallest absolute Gasteiger partial charge is 0.151 e. The maximum atomic E-state index is 5.12. The van der Waals surface area contributed by atoms with Crippen molar-refractivity contribution in [1.29, 1.82) is 0 Å². The van der Waals surface area contributed by atoms with Gasteiger partial charge in [-0.3, -0.25) is 5.10 Å². The van der Waals surface area contributed by atoms with Crippen LogP contribution in [0.2, 0.25) is 0 Å². The minimum absolute atomic E-state index is 0.468. The molecule has 0 saturated carbocycles. The summed E-state index contributed by atoms with van der Waals surface area (Å²) >= 11 is 0. The van der Waals surface area contributed by atoms with E-state index in [2.05, 4.69) is 27.3 Å². The molecule has 0 atom stereocenters. The molecule has 1 aromatic carbocycles. The third-order valence-corrected chi connectivity index (χ3v) is 2.66. The molecule has 1 N–H and O–H groups in total. The fourth-order valence-electron chi connectivity index (χ4n) is 1.70. The fraction of sp³-hybridized carbons (Fsp3) is 0.385. The summed E-state index contributed by atoms with van der Waals surface area (Å²) in [6, 6.07) is 8.04. The van der Waals surface area contributed by atoms with Gasteiger partial charge in [-0.25, -0.2) is 4.98 Å². The number of methoxy groups -OCH3 is 2. The highest BCUT2D eigenvalue weighted by Crippen LogP contribution is 2.12. The van der Waals surface area contributed by atoms with Crippen molar-refractivity contribution < 1.29 is 9.47 Å². The van der Waals surface area contributed by atoms with E-state index in [0.29, 0.717) is 6.61 Å². The maximum absolute atomic E-state index is 5.12. The number of H-pyrrole nitrogens is 1. The van der Waals surface area contributed by atoms with Crippen LogP contribution < -0.4 is 4.74 Å². The second-order valence-corrected chi connectivity index (χ2v) is 3.98. The number of benzene rings is 1. The quantitative estimate of drug-likeness (QED) is 0.844. The summed E-state index contributed by atoms with van der Waals surface area (Å²) in [5.74, 6) is 2.46. The largest absolute Gasteiger partial charge is 0.497 e. The molecule has 0 aliphatic rings. The van der Waals surface area contributed by atoms with E-state index in [-0.39, 0.29) is 0 Å². The lowest BCUT2D eigenvalue weighted by Gasteiger charge is -2.01. The molecular formula is C13H17N3O2. The molecule has 1 aromatic heterocycles. The van der Waals surface area contributed by atoms with E-state index in [1.807, 2.05) is 12.1 Å². The second kappa shape index (κ2) is 6.16. The molecule has 0 amide bonds. The zero-order valence-corrected chi connectivity index (χ0v) is 10.6. The van der Waals surface area contributed by atoms with Crippen molar-refractivity contribution in [2.45, 2.75) is 19.4 Å². The number of aromatic nitrogens is 3. The topological polar surface area (TPSA) is 60.0 Å². The molecular weight excluding hydrogens is 230 g/mol. The van der Waals surface area contributed by atoms with Gasteiger partial charge in [-0.2, -0.15) is 5.10 Å². The van der Waals surface area contributed by atoms with Gasteiger partial charge in [0.2, 0.25) is 0 Å². The first kappa shape index (κ1) is 12.6. The standard InChI is InChI=1S/C13H17N3O2/c1-17-9-13-14-12(15-16-13)8-5-10-3-6-11(18-2)7-4-10/h3-4,6-7H,5,8-9H2,1-2H3,(H,14,15,16). The molecule has 2 aromatic rings. The van der Waals surface area contributed by atoms with E-state index >= 15 is 0 Å². The molecule has 1 heterocycles. The summed E-state index contributed by atoms with van der Waals surface area (Å²) in [6.45, 7) is 0.468. The Hall–Kier alpha value is -1.88. The highest BCUT2D eigenvalue weighted by molar-refractivity contribution is 5.27. The summed E-state index contributed by atoms with van der Waals surface area (Å²) in [5, 5.41) is 7.00. The van der Waals surface area contributed by atoms with Crippen molar-refractivity contribution in [2.24, 2.45) is 0 Å². The van der Waals surface area contributed by atoms with E-state index in [1.54, 1.807) is 14.2 Å². The number of aryl methyl sites for hydroxylation is 2. The molecule has 0 aliphatic carbocycles. The zero-order chi connectivity index (χ0) is 12.8. The SMILES string of the molecule is COCc1nc(CCc2ccc(OC)cc2)n[nH]1. The number of rotatable bonds is 6. The molecule has 5 heteroatoms. The first-order chi connectivity index (χ1) is 8.81. The Labute approximate surface area is 106 Å². The lowest BCUT2D eigenvalue weighted by molar-refractivity contribution is 0.178. The van der Waals surface area contributed by atoms with Crippen LogP contribution in [0, 0.1) is 0 Å². The summed E-state index contributed by atoms with van der Waals surface area (Å²) in [5.41, 5.74) is 1.24. The van der Waals surface area contributed by atoms with Gasteiger partial charge in [-0.15, -0.1) is 0 Å². The first-order valence-electron chi connectivity index (χ1n) is 5.84. The predicted octanol–water partition coefficient (Wildman–Crippen LogP) is 1.74. The summed E-state index contributed by atoms with van der Waals surface area (Å²) in [4.78, 5) is 4.33. The van der Waals surface area contributed by atoms with Gasteiger partial charge in [0.25, 0.3) is 0 Å². The van der Waals surface area contributed by atoms with Gasteiger partial charge in [0.15, 0.2) is 11.6 Å². The van der Waals surface area contributed by atoms with Gasteiger partial charge in [0.05, 0.1) is 7.11 Å². The van der Waals surface area contributed by atoms with Crippen molar-refractivity contribution >= 4 is 0 Å². The third kappa shape index (κ3) is 3.30. The molecule has 0 saturated heterocycles. The average Bonchev–Trinajstić information content (AvgIpc) is 2.85. The van der Waals surface area contributed by atoms with Crippen LogP contribution in [0.1, 0.15) is 17.2 Å². The molecule has 0 fully saturated rings. The Morgan fingerprint density at radius 2 is 1.89 bits per heavy atom. The van der Waals surface area contributed by atoms with E-state index < -0.39 is 0 Å². The molecule has 0 unspecified atom stereocenters. The van der Waals surface area contributed by atoms with Crippen LogP contribution in [0.5, 0.6) is 5.75 Å². The molecule has 5 nitrogen and oxygen atoms in total. The molecule has 0 bridgehead atoms. The Bertz CT molecular complexity index is 479. The van der Waals surface area contributed by atoms with Crippen molar-refractivity contribution in [3.8, 4) is 5.75 Å². The molecule has 18 heavy (non-hydrogen) atoms. The van der Waals surface area contributed by atoms with Crippen LogP contribution in [-0.2, 0) is 24.2 Å². The van der Waals surface area contributed by atoms with Gasteiger partial charge < -0.3 is 9.47 Å². The van der Waals surface area contributed by atoms with E-state index in [1.165, 1.54) is 5.56 Å². The van der Waals surface area contributed by atoms with Crippen molar-refractivity contribution in [2.75, 3.05) is 14.2 Å². The van der Waals surface area contributed by atoms with Gasteiger partial charge >= 0.3 is 0 Å². The Kier molecular flexibility index (Phi) is 4.30. The van der Waals surface area contributed by atoms with Gasteiger partial charge in [0, 0.05) is 13.5 Å². The number of hydrogen-bond donors (Lipinski definition) is 1. The lowest BCUT2D eigenvalue weighted by Crippen LogP contribution is -1.94. The number of hydrogen-bond acceptors (Lipinski definition) is 4. The molecule has 0 radical (unpaired) electrons. The normalized spacial score (nSPS) is 10.6. The second-order valence-electron chi connectivity index (χ2n) is 3.98. The van der Waals surface area contributed by atoms with Crippen LogP contribution in [0.15, 0.2) is 24.3 Å². The summed E-state index contributed by atoms with van der Waals surface area (Å²) in [7, 11) is 3.31. The highest BCUT2D eigenvalue weighted by atomic mass is 16.5. The van der Waals surface area contributed by atoms with Crippen LogP contribution in [0.3, 0.4) is 0 Å². The van der Waals surface area contributed by atoms with Crippen molar-refractivity contribution in [1.82, 2.24) is 15.2 Å². The van der Waals surface area contributed by atoms with Gasteiger partial charge in [-0.1, -0.05) is 12.1 Å². The molecule has 96 valence electrons. The fourth-order valence-corrected chi connectivity index (χ4v) is 1.70. The first-order valence-corrected chi connectivity index (χ1v) is 5.84. The highest BCUT2D eigenvalue weighted by Gasteiger charge is 2.03. The van der Waals surface area contributed by atoms with E-state index in [9.17, 15) is 0 Å². The Balaban J connectivity index is 1.89. The van der Waals surface area contributed by atoms with Crippen LogP contribution in [0.4, 0.5) is 0 Å². The summed E-state index contributed by atoms with van der Waals surface area (Å²) < 4.78 is 10.1. The van der Waals surface area contributed by atoms with Crippen molar-refractivity contribution in [3.05, 3.63) is 41.5 Å². The van der Waals surface area contributed by atoms with Crippen LogP contribution in [0.25, 0.3) is 0 Å². The number of ether oxygens (including phenoxy) is 2. The summed E-state index contributed by atoms with van der Waals surface area (Å²) in [6.07, 6.45) is 1.72. The monoisotopic (exact) mass is 247 g/mol. The van der Waals surface area contributed by atoms with Gasteiger partial charge in [0.1, 0.15) is 12.4 Å². The predicted molar refractivity (Wildman–Crippen MR) is 67.5 cm³/mol. The number of nitrogens with zero attached hydrogens (tertiary/aromatic N) is 2. The Morgan fingerprint density at radius 3 is 2.56 bits per heavy atom. The van der Waals surface area contributed by atoms with E-state index in [4.69, 9.17) is 9.47 Å². The Morgan fingerprint density at radius 1 is 1.11 bits per heavy atom. The number of nitrogens with one attached hydrogen (secondary N) is 1. The minimum Gasteiger partial charge on any atom is -0.497 e. The minimum atomic E-state index is 0.468. The zero-order valence-electron chi connectivity index (χ0n) is 10.6. The molecule has 0 spiro atoms.